The summed E-state index contributed by atoms with van der Waals surface area (Å²) >= 11 is 0. The molecule has 0 radical (unpaired) electrons. The van der Waals surface area contributed by atoms with E-state index in [4.69, 9.17) is 5.73 Å². The third-order valence-electron chi connectivity index (χ3n) is 1.71. The molecule has 0 fully saturated rings. The highest BCUT2D eigenvalue weighted by Crippen LogP contribution is 1.99. The zero-order chi connectivity index (χ0) is 10.4. The number of carbonyl (C=O) groups is 1. The quantitative estimate of drug-likeness (QED) is 0.750. The molecule has 3 heteroatoms. The van der Waals surface area contributed by atoms with Crippen LogP contribution in [-0.2, 0) is 4.79 Å². The van der Waals surface area contributed by atoms with Crippen LogP contribution < -0.4 is 11.1 Å². The predicted octanol–water partition coefficient (Wildman–Crippen LogP) is 1.12. The van der Waals surface area contributed by atoms with Gasteiger partial charge in [-0.2, -0.15) is 0 Å². The van der Waals surface area contributed by atoms with Crippen molar-refractivity contribution in [3.63, 3.8) is 0 Å². The topological polar surface area (TPSA) is 55.1 Å². The second kappa shape index (κ2) is 5.19. The van der Waals surface area contributed by atoms with Crippen LogP contribution in [0.2, 0.25) is 0 Å². The number of amides is 1. The maximum atomic E-state index is 11.0. The highest BCUT2D eigenvalue weighted by Gasteiger charge is 2.02. The number of nitrogens with one attached hydrogen (secondary N) is 1. The zero-order valence-corrected chi connectivity index (χ0v) is 8.10. The van der Waals surface area contributed by atoms with E-state index in [1.807, 2.05) is 36.4 Å². The van der Waals surface area contributed by atoms with Crippen molar-refractivity contribution in [2.75, 3.05) is 0 Å². The molecule has 1 aromatic rings. The lowest BCUT2D eigenvalue weighted by atomic mass is 10.2. The van der Waals surface area contributed by atoms with E-state index in [0.717, 1.165) is 5.56 Å². The summed E-state index contributed by atoms with van der Waals surface area (Å²) in [6.07, 6.45) is 3.42. The summed E-state index contributed by atoms with van der Waals surface area (Å²) in [5.74, 6) is -0.183. The molecule has 0 unspecified atom stereocenters. The maximum Gasteiger partial charge on any atom is 0.240 e. The Hall–Kier alpha value is -1.61. The Kier molecular flexibility index (Phi) is 3.88. The van der Waals surface area contributed by atoms with Gasteiger partial charge in [-0.15, -0.1) is 0 Å². The molecular weight excluding hydrogens is 176 g/mol. The van der Waals surface area contributed by atoms with E-state index < -0.39 is 6.04 Å². The smallest absolute Gasteiger partial charge is 0.240 e. The van der Waals surface area contributed by atoms with Gasteiger partial charge in [0.15, 0.2) is 0 Å². The Balaban J connectivity index is 2.46. The van der Waals surface area contributed by atoms with Crippen LogP contribution in [0.5, 0.6) is 0 Å². The van der Waals surface area contributed by atoms with Crippen molar-refractivity contribution in [3.8, 4) is 0 Å². The van der Waals surface area contributed by atoms with Gasteiger partial charge >= 0.3 is 0 Å². The molecule has 1 amide bonds. The summed E-state index contributed by atoms with van der Waals surface area (Å²) < 4.78 is 0. The van der Waals surface area contributed by atoms with Crippen molar-refractivity contribution in [1.29, 1.82) is 0 Å². The van der Waals surface area contributed by atoms with E-state index in [-0.39, 0.29) is 5.91 Å². The third-order valence-corrected chi connectivity index (χ3v) is 1.71. The van der Waals surface area contributed by atoms with Gasteiger partial charge in [-0.05, 0) is 18.6 Å². The van der Waals surface area contributed by atoms with Gasteiger partial charge in [0.2, 0.25) is 5.91 Å². The van der Waals surface area contributed by atoms with Crippen LogP contribution in [0.15, 0.2) is 36.5 Å². The molecule has 0 spiro atoms. The fourth-order valence-electron chi connectivity index (χ4n) is 0.916. The molecule has 14 heavy (non-hydrogen) atoms. The highest BCUT2D eigenvalue weighted by atomic mass is 16.2. The van der Waals surface area contributed by atoms with Crippen LogP contribution in [-0.4, -0.2) is 11.9 Å². The van der Waals surface area contributed by atoms with Crippen LogP contribution in [0, 0.1) is 0 Å². The zero-order valence-electron chi connectivity index (χ0n) is 8.10. The van der Waals surface area contributed by atoms with E-state index in [9.17, 15) is 4.79 Å². The summed E-state index contributed by atoms with van der Waals surface area (Å²) in [6, 6.07) is 9.25. The standard InChI is InChI=1S/C11H14N2O/c1-9(12)11(14)13-8-7-10-5-3-2-4-6-10/h2-9H,12H2,1H3,(H,13,14)/t9-/m1/s1. The minimum atomic E-state index is -0.476. The largest absolute Gasteiger partial charge is 0.331 e. The Labute approximate surface area is 83.6 Å². The summed E-state index contributed by atoms with van der Waals surface area (Å²) in [5, 5.41) is 2.59. The van der Waals surface area contributed by atoms with Crippen molar-refractivity contribution in [3.05, 3.63) is 42.1 Å². The molecule has 3 nitrogen and oxygen atoms in total. The summed E-state index contributed by atoms with van der Waals surface area (Å²) in [6.45, 7) is 1.64. The normalized spacial score (nSPS) is 12.7. The number of nitrogens with two attached hydrogens (primary N) is 1. The summed E-state index contributed by atoms with van der Waals surface area (Å²) in [5.41, 5.74) is 6.41. The first kappa shape index (κ1) is 10.5. The van der Waals surface area contributed by atoms with E-state index in [1.165, 1.54) is 0 Å². The van der Waals surface area contributed by atoms with E-state index in [1.54, 1.807) is 13.1 Å². The molecule has 0 heterocycles. The minimum Gasteiger partial charge on any atom is -0.331 e. The molecule has 1 rings (SSSR count). The SMILES string of the molecule is C[C@@H](N)C(=O)NC=Cc1ccccc1. The van der Waals surface area contributed by atoms with Gasteiger partial charge < -0.3 is 11.1 Å². The second-order valence-corrected chi connectivity index (χ2v) is 3.04. The monoisotopic (exact) mass is 190 g/mol. The van der Waals surface area contributed by atoms with Gasteiger partial charge in [0.25, 0.3) is 0 Å². The molecule has 0 bridgehead atoms. The molecule has 0 aliphatic rings. The Bertz CT molecular complexity index is 317. The molecule has 74 valence electrons. The molecule has 1 atom stereocenters. The average molecular weight is 190 g/mol. The number of hydrogen-bond acceptors (Lipinski definition) is 2. The molecule has 0 aliphatic heterocycles. The van der Waals surface area contributed by atoms with Crippen LogP contribution in [0.4, 0.5) is 0 Å². The maximum absolute atomic E-state index is 11.0. The number of carbonyl (C=O) groups excluding carboxylic acids is 1. The van der Waals surface area contributed by atoms with Gasteiger partial charge in [0.05, 0.1) is 6.04 Å². The Morgan fingerprint density at radius 2 is 2.07 bits per heavy atom. The van der Waals surface area contributed by atoms with Gasteiger partial charge in [0.1, 0.15) is 0 Å². The Morgan fingerprint density at radius 1 is 1.43 bits per heavy atom. The summed E-state index contributed by atoms with van der Waals surface area (Å²) in [4.78, 5) is 11.0. The fraction of sp³-hybridized carbons (Fsp3) is 0.182. The molecule has 3 N–H and O–H groups in total. The molecule has 0 aliphatic carbocycles. The lowest BCUT2D eigenvalue weighted by Gasteiger charge is -2.01. The second-order valence-electron chi connectivity index (χ2n) is 3.04. The van der Waals surface area contributed by atoms with E-state index in [0.29, 0.717) is 0 Å². The number of hydrogen-bond donors (Lipinski definition) is 2. The van der Waals surface area contributed by atoms with E-state index in [2.05, 4.69) is 5.32 Å². The van der Waals surface area contributed by atoms with Crippen LogP contribution >= 0.6 is 0 Å². The van der Waals surface area contributed by atoms with Crippen molar-refractivity contribution in [1.82, 2.24) is 5.32 Å². The molecule has 0 aromatic heterocycles. The molecule has 1 aromatic carbocycles. The highest BCUT2D eigenvalue weighted by molar-refractivity contribution is 5.82. The molecule has 0 saturated carbocycles. The first-order chi connectivity index (χ1) is 6.70. The fourth-order valence-corrected chi connectivity index (χ4v) is 0.916. The Morgan fingerprint density at radius 3 is 2.64 bits per heavy atom. The average Bonchev–Trinajstić information content (AvgIpc) is 2.19. The van der Waals surface area contributed by atoms with Gasteiger partial charge in [-0.3, -0.25) is 4.79 Å². The van der Waals surface area contributed by atoms with Crippen molar-refractivity contribution in [2.45, 2.75) is 13.0 Å². The third kappa shape index (κ3) is 3.41. The first-order valence-electron chi connectivity index (χ1n) is 4.47. The number of rotatable bonds is 3. The molecular formula is C11H14N2O. The van der Waals surface area contributed by atoms with Crippen LogP contribution in [0.1, 0.15) is 12.5 Å². The lowest BCUT2D eigenvalue weighted by Crippen LogP contribution is -2.35. The van der Waals surface area contributed by atoms with Gasteiger partial charge in [-0.1, -0.05) is 30.3 Å². The van der Waals surface area contributed by atoms with Crippen molar-refractivity contribution in [2.24, 2.45) is 5.73 Å². The van der Waals surface area contributed by atoms with Gasteiger partial charge in [0, 0.05) is 6.20 Å². The first-order valence-corrected chi connectivity index (χ1v) is 4.47. The predicted molar refractivity (Wildman–Crippen MR) is 57.3 cm³/mol. The van der Waals surface area contributed by atoms with E-state index >= 15 is 0 Å². The van der Waals surface area contributed by atoms with Gasteiger partial charge in [-0.25, -0.2) is 0 Å². The molecule has 0 saturated heterocycles. The van der Waals surface area contributed by atoms with Crippen LogP contribution in [0.25, 0.3) is 6.08 Å². The van der Waals surface area contributed by atoms with Crippen molar-refractivity contribution < 1.29 is 4.79 Å². The minimum absolute atomic E-state index is 0.183. The summed E-state index contributed by atoms with van der Waals surface area (Å²) in [7, 11) is 0. The van der Waals surface area contributed by atoms with Crippen LogP contribution in [0.3, 0.4) is 0 Å². The lowest BCUT2D eigenvalue weighted by molar-refractivity contribution is -0.121. The number of benzene rings is 1. The van der Waals surface area contributed by atoms with Crippen molar-refractivity contribution >= 4 is 12.0 Å².